The van der Waals surface area contributed by atoms with Crippen molar-refractivity contribution < 1.29 is 9.90 Å². The predicted molar refractivity (Wildman–Crippen MR) is 92.3 cm³/mol. The molecule has 1 aromatic carbocycles. The molecule has 1 N–H and O–H groups in total. The van der Waals surface area contributed by atoms with E-state index in [1.165, 1.54) is 0 Å². The highest BCUT2D eigenvalue weighted by Crippen LogP contribution is 2.27. The number of hydrogen-bond acceptors (Lipinski definition) is 6. The van der Waals surface area contributed by atoms with Gasteiger partial charge in [0.05, 0.1) is 5.69 Å². The Bertz CT molecular complexity index is 958. The first-order chi connectivity index (χ1) is 12.2. The van der Waals surface area contributed by atoms with Crippen molar-refractivity contribution in [3.8, 4) is 11.3 Å². The number of fused-ring (bicyclic) bond motifs is 1. The first-order valence-electron chi connectivity index (χ1n) is 7.98. The van der Waals surface area contributed by atoms with Gasteiger partial charge in [-0.3, -0.25) is 0 Å². The lowest BCUT2D eigenvalue weighted by Gasteiger charge is -2.18. The number of rotatable bonds is 4. The number of anilines is 1. The lowest BCUT2D eigenvalue weighted by Crippen LogP contribution is -2.22. The van der Waals surface area contributed by atoms with Gasteiger partial charge in [0.1, 0.15) is 11.5 Å². The van der Waals surface area contributed by atoms with Gasteiger partial charge < -0.3 is 10.0 Å². The molecule has 25 heavy (non-hydrogen) atoms. The molecular weight excluding hydrogens is 322 g/mol. The zero-order chi connectivity index (χ0) is 17.4. The quantitative estimate of drug-likeness (QED) is 0.734. The number of nitroso groups, excluding NO2 is 1. The standard InChI is InChI=1S/C17H15N5O3/c23-17(24)14-10-16(21-7-1-2-8-21)22-15(18-14)9-13(19-22)11-3-5-12(20-25)6-4-11/h3-6,9-10H,1-2,7-8H2,(H,23,24). The topological polar surface area (TPSA) is 100 Å². The van der Waals surface area contributed by atoms with Crippen molar-refractivity contribution in [2.24, 2.45) is 5.18 Å². The predicted octanol–water partition coefficient (Wildman–Crippen LogP) is 3.09. The molecule has 8 heteroatoms. The smallest absolute Gasteiger partial charge is 0.354 e. The fourth-order valence-corrected chi connectivity index (χ4v) is 3.07. The molecule has 3 aromatic rings. The van der Waals surface area contributed by atoms with Crippen LogP contribution < -0.4 is 4.90 Å². The SMILES string of the molecule is O=Nc1ccc(-c2cc3nc(C(=O)O)cc(N4CCCC4)n3n2)cc1. The van der Waals surface area contributed by atoms with Gasteiger partial charge >= 0.3 is 5.97 Å². The molecule has 2 aromatic heterocycles. The normalized spacial score (nSPS) is 14.2. The molecule has 1 fully saturated rings. The molecule has 126 valence electrons. The molecule has 0 unspecified atom stereocenters. The van der Waals surface area contributed by atoms with Crippen LogP contribution >= 0.6 is 0 Å². The highest BCUT2D eigenvalue weighted by atomic mass is 16.4. The summed E-state index contributed by atoms with van der Waals surface area (Å²) in [6, 6.07) is 10.1. The summed E-state index contributed by atoms with van der Waals surface area (Å²) in [5.74, 6) is -0.329. The van der Waals surface area contributed by atoms with Crippen molar-refractivity contribution in [2.45, 2.75) is 12.8 Å². The number of nitrogens with zero attached hydrogens (tertiary/aromatic N) is 5. The van der Waals surface area contributed by atoms with Gasteiger partial charge in [-0.2, -0.15) is 9.61 Å². The van der Waals surface area contributed by atoms with Gasteiger partial charge in [0.15, 0.2) is 11.3 Å². The molecule has 0 atom stereocenters. The zero-order valence-corrected chi connectivity index (χ0v) is 13.3. The number of aromatic carboxylic acids is 1. The lowest BCUT2D eigenvalue weighted by atomic mass is 10.1. The second kappa shape index (κ2) is 5.97. The van der Waals surface area contributed by atoms with Crippen molar-refractivity contribution in [1.82, 2.24) is 14.6 Å². The summed E-state index contributed by atoms with van der Waals surface area (Å²) < 4.78 is 1.68. The lowest BCUT2D eigenvalue weighted by molar-refractivity contribution is 0.0690. The number of aromatic nitrogens is 3. The minimum Gasteiger partial charge on any atom is -0.477 e. The molecule has 1 aliphatic heterocycles. The third kappa shape index (κ3) is 2.71. The third-order valence-electron chi connectivity index (χ3n) is 4.33. The maximum absolute atomic E-state index is 11.4. The molecule has 3 heterocycles. The Morgan fingerprint density at radius 2 is 1.84 bits per heavy atom. The summed E-state index contributed by atoms with van der Waals surface area (Å²) in [5.41, 5.74) is 2.29. The highest BCUT2D eigenvalue weighted by molar-refractivity contribution is 5.87. The van der Waals surface area contributed by atoms with Gasteiger partial charge in [-0.1, -0.05) is 12.1 Å². The van der Waals surface area contributed by atoms with Crippen LogP contribution in [0.15, 0.2) is 41.6 Å². The Balaban J connectivity index is 1.86. The molecule has 0 spiro atoms. The van der Waals surface area contributed by atoms with E-state index in [4.69, 9.17) is 0 Å². The van der Waals surface area contributed by atoms with Crippen LogP contribution in [0.3, 0.4) is 0 Å². The maximum Gasteiger partial charge on any atom is 0.354 e. The Labute approximate surface area is 142 Å². The van der Waals surface area contributed by atoms with Crippen LogP contribution in [0.4, 0.5) is 11.5 Å². The number of carboxylic acid groups (broad SMARTS) is 1. The second-order valence-corrected chi connectivity index (χ2v) is 5.94. The first kappa shape index (κ1) is 15.3. The van der Waals surface area contributed by atoms with E-state index in [2.05, 4.69) is 20.2 Å². The van der Waals surface area contributed by atoms with Gasteiger partial charge in [0.25, 0.3) is 0 Å². The fraction of sp³-hybridized carbons (Fsp3) is 0.235. The molecule has 0 amide bonds. The van der Waals surface area contributed by atoms with Crippen LogP contribution in [0.5, 0.6) is 0 Å². The summed E-state index contributed by atoms with van der Waals surface area (Å²) >= 11 is 0. The molecule has 0 aliphatic carbocycles. The van der Waals surface area contributed by atoms with Crippen molar-refractivity contribution in [1.29, 1.82) is 0 Å². The van der Waals surface area contributed by atoms with Gasteiger partial charge in [-0.15, -0.1) is 4.91 Å². The molecule has 0 saturated carbocycles. The van der Waals surface area contributed by atoms with E-state index in [1.54, 1.807) is 40.9 Å². The summed E-state index contributed by atoms with van der Waals surface area (Å²) in [6.07, 6.45) is 2.14. The third-order valence-corrected chi connectivity index (χ3v) is 4.33. The van der Waals surface area contributed by atoms with Crippen LogP contribution in [0, 0.1) is 4.91 Å². The van der Waals surface area contributed by atoms with Crippen molar-refractivity contribution in [3.63, 3.8) is 0 Å². The molecule has 1 saturated heterocycles. The zero-order valence-electron chi connectivity index (χ0n) is 13.3. The van der Waals surface area contributed by atoms with Crippen LogP contribution in [0.1, 0.15) is 23.3 Å². The maximum atomic E-state index is 11.4. The summed E-state index contributed by atoms with van der Waals surface area (Å²) in [4.78, 5) is 28.3. The van der Waals surface area contributed by atoms with Crippen LogP contribution in [-0.4, -0.2) is 38.8 Å². The van der Waals surface area contributed by atoms with E-state index in [9.17, 15) is 14.8 Å². The highest BCUT2D eigenvalue weighted by Gasteiger charge is 2.20. The Morgan fingerprint density at radius 3 is 2.48 bits per heavy atom. The van der Waals surface area contributed by atoms with Crippen LogP contribution in [0.25, 0.3) is 16.9 Å². The minimum atomic E-state index is -1.06. The molecule has 0 radical (unpaired) electrons. The van der Waals surface area contributed by atoms with Crippen LogP contribution in [0.2, 0.25) is 0 Å². The van der Waals surface area contributed by atoms with E-state index in [1.807, 2.05) is 0 Å². The van der Waals surface area contributed by atoms with E-state index >= 15 is 0 Å². The summed E-state index contributed by atoms with van der Waals surface area (Å²) in [7, 11) is 0. The van der Waals surface area contributed by atoms with Crippen LogP contribution in [-0.2, 0) is 0 Å². The van der Waals surface area contributed by atoms with Crippen molar-refractivity contribution >= 4 is 23.1 Å². The Kier molecular flexibility index (Phi) is 3.64. The molecular formula is C17H15N5O3. The largest absolute Gasteiger partial charge is 0.477 e. The number of carboxylic acids is 1. The first-order valence-corrected chi connectivity index (χ1v) is 7.98. The Hall–Kier alpha value is -3.29. The average molecular weight is 337 g/mol. The summed E-state index contributed by atoms with van der Waals surface area (Å²) in [6.45, 7) is 1.74. The summed E-state index contributed by atoms with van der Waals surface area (Å²) in [5, 5.41) is 16.8. The van der Waals surface area contributed by atoms with Gasteiger partial charge in [0.2, 0.25) is 0 Å². The van der Waals surface area contributed by atoms with Gasteiger partial charge in [-0.05, 0) is 30.2 Å². The number of benzene rings is 1. The molecule has 8 nitrogen and oxygen atoms in total. The average Bonchev–Trinajstić information content (AvgIpc) is 3.30. The van der Waals surface area contributed by atoms with Crippen molar-refractivity contribution in [2.75, 3.05) is 18.0 Å². The van der Waals surface area contributed by atoms with E-state index in [0.717, 1.165) is 37.3 Å². The minimum absolute atomic E-state index is 0.00125. The monoisotopic (exact) mass is 337 g/mol. The number of carbonyl (C=O) groups is 1. The molecule has 4 rings (SSSR count). The van der Waals surface area contributed by atoms with E-state index in [-0.39, 0.29) is 5.69 Å². The fourth-order valence-electron chi connectivity index (χ4n) is 3.07. The second-order valence-electron chi connectivity index (χ2n) is 5.94. The van der Waals surface area contributed by atoms with Gasteiger partial charge in [-0.25, -0.2) is 9.78 Å². The number of hydrogen-bond donors (Lipinski definition) is 1. The van der Waals surface area contributed by atoms with Gasteiger partial charge in [0, 0.05) is 30.8 Å². The Morgan fingerprint density at radius 1 is 1.12 bits per heavy atom. The van der Waals surface area contributed by atoms with E-state index < -0.39 is 5.97 Å². The van der Waals surface area contributed by atoms with E-state index in [0.29, 0.717) is 17.0 Å². The van der Waals surface area contributed by atoms with Crippen molar-refractivity contribution in [3.05, 3.63) is 47.0 Å². The molecule has 1 aliphatic rings. The molecule has 0 bridgehead atoms.